The van der Waals surface area contributed by atoms with Crippen LogP contribution >= 0.6 is 22.9 Å². The van der Waals surface area contributed by atoms with Crippen LogP contribution in [0.4, 0.5) is 0 Å². The fourth-order valence-corrected chi connectivity index (χ4v) is 4.45. The largest absolute Gasteiger partial charge is 0.290 e. The summed E-state index contributed by atoms with van der Waals surface area (Å²) in [6.45, 7) is 4.02. The van der Waals surface area contributed by atoms with Gasteiger partial charge in [-0.1, -0.05) is 53.6 Å². The maximum Gasteiger partial charge on any atom is 0.211 e. The molecule has 5 heteroatoms. The van der Waals surface area contributed by atoms with Gasteiger partial charge in [-0.15, -0.1) is 11.3 Å². The van der Waals surface area contributed by atoms with Crippen molar-refractivity contribution in [3.8, 4) is 0 Å². The van der Waals surface area contributed by atoms with E-state index in [2.05, 4.69) is 41.2 Å². The lowest BCUT2D eigenvalue weighted by molar-refractivity contribution is 0.0956. The van der Waals surface area contributed by atoms with Crippen LogP contribution in [0.25, 0.3) is 0 Å². The Labute approximate surface area is 161 Å². The highest BCUT2D eigenvalue weighted by Crippen LogP contribution is 2.35. The number of ketones is 1. The molecule has 0 saturated carbocycles. The van der Waals surface area contributed by atoms with Gasteiger partial charge in [-0.3, -0.25) is 9.79 Å². The van der Waals surface area contributed by atoms with E-state index in [1.165, 1.54) is 22.5 Å². The molecule has 3 nitrogen and oxygen atoms in total. The molecule has 1 unspecified atom stereocenters. The number of fused-ring (bicyclic) bond motifs is 1. The number of aliphatic imine (C=N–C) groups is 1. The third-order valence-electron chi connectivity index (χ3n) is 4.54. The second-order valence-corrected chi connectivity index (χ2v) is 8.02. The Morgan fingerprint density at radius 1 is 1.12 bits per heavy atom. The van der Waals surface area contributed by atoms with Gasteiger partial charge in [-0.2, -0.15) is 0 Å². The smallest absolute Gasteiger partial charge is 0.211 e. The minimum absolute atomic E-state index is 0.0786. The number of halogens is 1. The number of hydrogen-bond donors (Lipinski definition) is 0. The first-order valence-corrected chi connectivity index (χ1v) is 9.60. The normalized spacial score (nSPS) is 16.0. The van der Waals surface area contributed by atoms with E-state index >= 15 is 0 Å². The molecule has 26 heavy (non-hydrogen) atoms. The molecular formula is C21H17ClN2OS. The molecule has 0 bridgehead atoms. The first kappa shape index (κ1) is 17.1. The molecule has 2 aromatic carbocycles. The Morgan fingerprint density at radius 3 is 2.62 bits per heavy atom. The lowest BCUT2D eigenvalue weighted by Gasteiger charge is -2.17. The number of thiazole rings is 1. The number of nitrogens with zero attached hydrogens (tertiary/aromatic N) is 2. The van der Waals surface area contributed by atoms with Crippen LogP contribution in [0.5, 0.6) is 0 Å². The van der Waals surface area contributed by atoms with Gasteiger partial charge in [0.1, 0.15) is 11.7 Å². The molecule has 2 heterocycles. The minimum Gasteiger partial charge on any atom is -0.290 e. The van der Waals surface area contributed by atoms with Crippen LogP contribution < -0.4 is 0 Å². The van der Waals surface area contributed by atoms with Crippen molar-refractivity contribution in [2.24, 2.45) is 4.99 Å². The summed E-state index contributed by atoms with van der Waals surface area (Å²) in [5.41, 5.74) is 4.66. The van der Waals surface area contributed by atoms with Gasteiger partial charge in [-0.25, -0.2) is 4.98 Å². The molecule has 0 radical (unpaired) electrons. The van der Waals surface area contributed by atoms with Gasteiger partial charge < -0.3 is 0 Å². The summed E-state index contributed by atoms with van der Waals surface area (Å²) in [5, 5.41) is 1.49. The molecule has 0 saturated heterocycles. The molecule has 0 amide bonds. The molecule has 130 valence electrons. The van der Waals surface area contributed by atoms with Crippen LogP contribution in [0.2, 0.25) is 5.02 Å². The van der Waals surface area contributed by atoms with Gasteiger partial charge in [0.25, 0.3) is 0 Å². The van der Waals surface area contributed by atoms with Crippen LogP contribution in [0.15, 0.2) is 47.5 Å². The summed E-state index contributed by atoms with van der Waals surface area (Å²) < 4.78 is 0. The third-order valence-corrected chi connectivity index (χ3v) is 5.86. The molecule has 3 aromatic rings. The monoisotopic (exact) mass is 380 g/mol. The fourth-order valence-electron chi connectivity index (χ4n) is 3.13. The zero-order chi connectivity index (χ0) is 18.3. The zero-order valence-electron chi connectivity index (χ0n) is 14.5. The fraction of sp³-hybridized carbons (Fsp3) is 0.190. The van der Waals surface area contributed by atoms with E-state index < -0.39 is 6.04 Å². The molecule has 0 aliphatic carbocycles. The van der Waals surface area contributed by atoms with Gasteiger partial charge in [0.15, 0.2) is 0 Å². The Bertz CT molecular complexity index is 1000. The van der Waals surface area contributed by atoms with E-state index in [-0.39, 0.29) is 5.78 Å². The molecule has 0 fully saturated rings. The third kappa shape index (κ3) is 3.11. The molecular weight excluding hydrogens is 364 g/mol. The second-order valence-electron chi connectivity index (χ2n) is 6.50. The quantitative estimate of drug-likeness (QED) is 0.613. The van der Waals surface area contributed by atoms with Crippen molar-refractivity contribution in [2.45, 2.75) is 26.3 Å². The average Bonchev–Trinajstić information content (AvgIpc) is 3.02. The highest BCUT2D eigenvalue weighted by atomic mass is 35.5. The molecule has 1 atom stereocenters. The number of carbonyl (C=O) groups excluding carboxylic acids is 1. The molecule has 4 rings (SSSR count). The van der Waals surface area contributed by atoms with E-state index in [1.54, 1.807) is 12.3 Å². The van der Waals surface area contributed by atoms with Crippen LogP contribution in [-0.4, -0.2) is 17.0 Å². The summed E-state index contributed by atoms with van der Waals surface area (Å²) in [7, 11) is 0. The van der Waals surface area contributed by atoms with Gasteiger partial charge in [0.05, 0.1) is 9.88 Å². The number of rotatable bonds is 3. The number of hydrogen-bond acceptors (Lipinski definition) is 4. The van der Waals surface area contributed by atoms with Crippen LogP contribution in [-0.2, 0) is 6.42 Å². The van der Waals surface area contributed by atoms with Gasteiger partial charge in [0.2, 0.25) is 5.78 Å². The summed E-state index contributed by atoms with van der Waals surface area (Å²) in [6.07, 6.45) is 2.48. The first-order valence-electron chi connectivity index (χ1n) is 8.40. The van der Waals surface area contributed by atoms with E-state index in [0.29, 0.717) is 10.7 Å². The van der Waals surface area contributed by atoms with Gasteiger partial charge in [0, 0.05) is 23.2 Å². The molecule has 0 spiro atoms. The van der Waals surface area contributed by atoms with Gasteiger partial charge in [-0.05, 0) is 31.0 Å². The van der Waals surface area contributed by atoms with Crippen LogP contribution in [0.3, 0.4) is 0 Å². The van der Waals surface area contributed by atoms with Crippen LogP contribution in [0.1, 0.15) is 48.7 Å². The molecule has 1 aromatic heterocycles. The molecule has 1 aliphatic rings. The topological polar surface area (TPSA) is 42.3 Å². The first-order chi connectivity index (χ1) is 12.5. The summed E-state index contributed by atoms with van der Waals surface area (Å²) >= 11 is 7.87. The summed E-state index contributed by atoms with van der Waals surface area (Å²) in [5.74, 6) is -0.0786. The van der Waals surface area contributed by atoms with Crippen molar-refractivity contribution < 1.29 is 4.79 Å². The number of aryl methyl sites for hydroxylation is 2. The van der Waals surface area contributed by atoms with Crippen molar-refractivity contribution in [2.75, 3.05) is 0 Å². The van der Waals surface area contributed by atoms with E-state index in [4.69, 9.17) is 11.6 Å². The standard InChI is InChI=1S/C21H17ClN2OS/c1-12-6-8-14(9-7-12)10-17-24-19-16(26-17)11-23-20(21(19)25)18-13(2)4-3-5-15(18)22/h3-9,11,20H,10H2,1-2H3. The van der Waals surface area contributed by atoms with E-state index in [0.717, 1.165) is 27.4 Å². The SMILES string of the molecule is Cc1ccc(Cc2nc3c(s2)C=NC(c2c(C)cccc2Cl)C3=O)cc1. The van der Waals surface area contributed by atoms with Gasteiger partial charge >= 0.3 is 0 Å². The van der Waals surface area contributed by atoms with Crippen molar-refractivity contribution in [3.05, 3.63) is 85.3 Å². The minimum atomic E-state index is -0.606. The zero-order valence-corrected chi connectivity index (χ0v) is 16.1. The van der Waals surface area contributed by atoms with Crippen molar-refractivity contribution in [1.82, 2.24) is 4.98 Å². The predicted octanol–water partition coefficient (Wildman–Crippen LogP) is 5.36. The maximum atomic E-state index is 13.0. The Hall–Kier alpha value is -2.30. The number of carbonyl (C=O) groups is 1. The molecule has 0 N–H and O–H groups in total. The highest BCUT2D eigenvalue weighted by Gasteiger charge is 2.31. The van der Waals surface area contributed by atoms with E-state index in [9.17, 15) is 4.79 Å². The number of benzene rings is 2. The van der Waals surface area contributed by atoms with E-state index in [1.807, 2.05) is 19.1 Å². The summed E-state index contributed by atoms with van der Waals surface area (Å²) in [6, 6.07) is 13.4. The second kappa shape index (κ2) is 6.78. The van der Waals surface area contributed by atoms with Crippen molar-refractivity contribution >= 4 is 34.9 Å². The number of aromatic nitrogens is 1. The lowest BCUT2D eigenvalue weighted by Crippen LogP contribution is -2.18. The Kier molecular flexibility index (Phi) is 4.47. The number of Topliss-reactive ketones (excluding diaryl/α,β-unsaturated/α-hetero) is 1. The lowest BCUT2D eigenvalue weighted by atomic mass is 9.95. The molecule has 1 aliphatic heterocycles. The predicted molar refractivity (Wildman–Crippen MR) is 107 cm³/mol. The van der Waals surface area contributed by atoms with Crippen molar-refractivity contribution in [1.29, 1.82) is 0 Å². The average molecular weight is 381 g/mol. The Morgan fingerprint density at radius 2 is 1.88 bits per heavy atom. The maximum absolute atomic E-state index is 13.0. The summed E-state index contributed by atoms with van der Waals surface area (Å²) in [4.78, 5) is 22.9. The Balaban J connectivity index is 1.65. The van der Waals surface area contributed by atoms with Crippen molar-refractivity contribution in [3.63, 3.8) is 0 Å². The highest BCUT2D eigenvalue weighted by molar-refractivity contribution is 7.13. The van der Waals surface area contributed by atoms with Crippen LogP contribution in [0, 0.1) is 13.8 Å².